The highest BCUT2D eigenvalue weighted by atomic mass is 16.5. The Hall–Kier alpha value is -2.82. The van der Waals surface area contributed by atoms with Gasteiger partial charge < -0.3 is 15.4 Å². The molecule has 2 aromatic rings. The van der Waals surface area contributed by atoms with Gasteiger partial charge in [0.1, 0.15) is 11.8 Å². The number of rotatable bonds is 9. The third-order valence-corrected chi connectivity index (χ3v) is 5.03. The molecule has 156 valence electrons. The molecular weight excluding hydrogens is 364 g/mol. The summed E-state index contributed by atoms with van der Waals surface area (Å²) in [6.45, 7) is 10.6. The van der Waals surface area contributed by atoms with Crippen LogP contribution in [0.25, 0.3) is 0 Å². The fourth-order valence-electron chi connectivity index (χ4n) is 3.10. The predicted molar refractivity (Wildman–Crippen MR) is 117 cm³/mol. The van der Waals surface area contributed by atoms with Crippen molar-refractivity contribution in [2.75, 3.05) is 11.9 Å². The Morgan fingerprint density at radius 1 is 0.966 bits per heavy atom. The summed E-state index contributed by atoms with van der Waals surface area (Å²) in [5.74, 6) is 0.496. The molecule has 5 heteroatoms. The third-order valence-electron chi connectivity index (χ3n) is 5.03. The van der Waals surface area contributed by atoms with Gasteiger partial charge in [0, 0.05) is 11.3 Å². The summed E-state index contributed by atoms with van der Waals surface area (Å²) in [7, 11) is 0. The molecule has 2 atom stereocenters. The largest absolute Gasteiger partial charge is 0.494 e. The Kier molecular flexibility index (Phi) is 8.25. The van der Waals surface area contributed by atoms with E-state index < -0.39 is 6.04 Å². The minimum Gasteiger partial charge on any atom is -0.494 e. The van der Waals surface area contributed by atoms with Gasteiger partial charge in [-0.3, -0.25) is 9.59 Å². The molecule has 0 aromatic heterocycles. The van der Waals surface area contributed by atoms with Crippen LogP contribution in [0.1, 0.15) is 62.9 Å². The Balaban J connectivity index is 2.13. The van der Waals surface area contributed by atoms with E-state index in [0.717, 1.165) is 17.7 Å². The van der Waals surface area contributed by atoms with Crippen molar-refractivity contribution >= 4 is 17.5 Å². The van der Waals surface area contributed by atoms with Gasteiger partial charge in [0.2, 0.25) is 5.91 Å². The quantitative estimate of drug-likeness (QED) is 0.627. The van der Waals surface area contributed by atoms with Crippen molar-refractivity contribution < 1.29 is 14.3 Å². The molecule has 0 aliphatic rings. The van der Waals surface area contributed by atoms with Crippen molar-refractivity contribution in [3.05, 3.63) is 59.7 Å². The van der Waals surface area contributed by atoms with Gasteiger partial charge in [-0.25, -0.2) is 0 Å². The highest BCUT2D eigenvalue weighted by Crippen LogP contribution is 2.26. The molecule has 29 heavy (non-hydrogen) atoms. The predicted octanol–water partition coefficient (Wildman–Crippen LogP) is 4.99. The van der Waals surface area contributed by atoms with E-state index in [4.69, 9.17) is 4.74 Å². The normalized spacial score (nSPS) is 12.9. The van der Waals surface area contributed by atoms with Gasteiger partial charge in [-0.2, -0.15) is 0 Å². The first-order valence-electron chi connectivity index (χ1n) is 10.3. The standard InChI is InChI=1S/C24H32N2O3/c1-6-17(5)20-10-8-9-11-21(20)25-24(28)22(16(3)4)26-23(27)18-12-14-19(15-13-18)29-7-2/h8-17,22H,6-7H2,1-5H3,(H,25,28)(H,26,27)/t17-,22-/m0/s1. The molecule has 0 saturated heterocycles. The van der Waals surface area contributed by atoms with E-state index in [-0.39, 0.29) is 17.7 Å². The Bertz CT molecular complexity index is 815. The van der Waals surface area contributed by atoms with Crippen LogP contribution >= 0.6 is 0 Å². The molecule has 0 unspecified atom stereocenters. The molecule has 2 amide bonds. The van der Waals surface area contributed by atoms with E-state index in [1.54, 1.807) is 24.3 Å². The molecule has 5 nitrogen and oxygen atoms in total. The Labute approximate surface area is 173 Å². The van der Waals surface area contributed by atoms with E-state index in [2.05, 4.69) is 24.5 Å². The van der Waals surface area contributed by atoms with E-state index in [1.165, 1.54) is 0 Å². The molecule has 0 radical (unpaired) electrons. The Morgan fingerprint density at radius 3 is 2.21 bits per heavy atom. The van der Waals surface area contributed by atoms with Crippen molar-refractivity contribution in [3.8, 4) is 5.75 Å². The second-order valence-electron chi connectivity index (χ2n) is 7.54. The average Bonchev–Trinajstić information content (AvgIpc) is 2.72. The second kappa shape index (κ2) is 10.6. The molecule has 2 aromatic carbocycles. The smallest absolute Gasteiger partial charge is 0.251 e. The summed E-state index contributed by atoms with van der Waals surface area (Å²) in [6, 6.07) is 14.1. The van der Waals surface area contributed by atoms with Crippen molar-refractivity contribution in [1.82, 2.24) is 5.32 Å². The van der Waals surface area contributed by atoms with E-state index in [9.17, 15) is 9.59 Å². The summed E-state index contributed by atoms with van der Waals surface area (Å²) in [4.78, 5) is 25.7. The van der Waals surface area contributed by atoms with Crippen LogP contribution in [0, 0.1) is 5.92 Å². The maximum absolute atomic E-state index is 13.0. The third kappa shape index (κ3) is 6.08. The SMILES string of the molecule is CCOc1ccc(C(=O)N[C@H](C(=O)Nc2ccccc2[C@@H](C)CC)C(C)C)cc1. The highest BCUT2D eigenvalue weighted by Gasteiger charge is 2.25. The minimum absolute atomic E-state index is 0.0580. The number of benzene rings is 2. The molecule has 0 spiro atoms. The molecule has 0 aliphatic heterocycles. The fourth-order valence-corrected chi connectivity index (χ4v) is 3.10. The molecule has 0 aliphatic carbocycles. The molecule has 0 saturated carbocycles. The van der Waals surface area contributed by atoms with Crippen molar-refractivity contribution in [1.29, 1.82) is 0 Å². The lowest BCUT2D eigenvalue weighted by Crippen LogP contribution is -2.47. The molecule has 2 N–H and O–H groups in total. The lowest BCUT2D eigenvalue weighted by molar-refractivity contribution is -0.118. The number of anilines is 1. The first-order chi connectivity index (χ1) is 13.9. The number of para-hydroxylation sites is 1. The summed E-state index contributed by atoms with van der Waals surface area (Å²) in [5, 5.41) is 5.89. The maximum Gasteiger partial charge on any atom is 0.251 e. The van der Waals surface area contributed by atoms with Crippen LogP contribution in [-0.4, -0.2) is 24.5 Å². The van der Waals surface area contributed by atoms with E-state index >= 15 is 0 Å². The number of hydrogen-bond donors (Lipinski definition) is 2. The monoisotopic (exact) mass is 396 g/mol. The van der Waals surface area contributed by atoms with Crippen LogP contribution in [-0.2, 0) is 4.79 Å². The van der Waals surface area contributed by atoms with Gasteiger partial charge >= 0.3 is 0 Å². The lowest BCUT2D eigenvalue weighted by atomic mass is 9.96. The number of carbonyl (C=O) groups excluding carboxylic acids is 2. The van der Waals surface area contributed by atoms with Crippen LogP contribution in [0.15, 0.2) is 48.5 Å². The zero-order valence-corrected chi connectivity index (χ0v) is 18.0. The van der Waals surface area contributed by atoms with Crippen LogP contribution in [0.5, 0.6) is 5.75 Å². The van der Waals surface area contributed by atoms with Gasteiger partial charge in [0.05, 0.1) is 6.61 Å². The zero-order chi connectivity index (χ0) is 21.4. The zero-order valence-electron chi connectivity index (χ0n) is 18.0. The van der Waals surface area contributed by atoms with Gasteiger partial charge in [-0.05, 0) is 61.1 Å². The topological polar surface area (TPSA) is 67.4 Å². The number of ether oxygens (including phenoxy) is 1. The molecule has 0 fully saturated rings. The summed E-state index contributed by atoms with van der Waals surface area (Å²) in [6.07, 6.45) is 0.981. The van der Waals surface area contributed by atoms with Gasteiger partial charge in [-0.15, -0.1) is 0 Å². The van der Waals surface area contributed by atoms with Crippen molar-refractivity contribution in [2.45, 2.75) is 53.0 Å². The van der Waals surface area contributed by atoms with Crippen LogP contribution < -0.4 is 15.4 Å². The Morgan fingerprint density at radius 2 is 1.62 bits per heavy atom. The summed E-state index contributed by atoms with van der Waals surface area (Å²) in [5.41, 5.74) is 2.39. The van der Waals surface area contributed by atoms with Gasteiger partial charge in [0.25, 0.3) is 5.91 Å². The van der Waals surface area contributed by atoms with Crippen molar-refractivity contribution in [3.63, 3.8) is 0 Å². The lowest BCUT2D eigenvalue weighted by Gasteiger charge is -2.23. The molecular formula is C24H32N2O3. The van der Waals surface area contributed by atoms with Crippen LogP contribution in [0.3, 0.4) is 0 Å². The highest BCUT2D eigenvalue weighted by molar-refractivity contribution is 6.01. The summed E-state index contributed by atoms with van der Waals surface area (Å²) >= 11 is 0. The van der Waals surface area contributed by atoms with Gasteiger partial charge in [-0.1, -0.05) is 45.9 Å². The first kappa shape index (κ1) is 22.5. The average molecular weight is 397 g/mol. The number of carbonyl (C=O) groups is 2. The number of nitrogens with one attached hydrogen (secondary N) is 2. The fraction of sp³-hybridized carbons (Fsp3) is 0.417. The van der Waals surface area contributed by atoms with Gasteiger partial charge in [0.15, 0.2) is 0 Å². The molecule has 2 rings (SSSR count). The second-order valence-corrected chi connectivity index (χ2v) is 7.54. The maximum atomic E-state index is 13.0. The minimum atomic E-state index is -0.640. The van der Waals surface area contributed by atoms with Crippen LogP contribution in [0.2, 0.25) is 0 Å². The number of amides is 2. The van der Waals surface area contributed by atoms with E-state index in [0.29, 0.717) is 23.8 Å². The summed E-state index contributed by atoms with van der Waals surface area (Å²) < 4.78 is 5.41. The molecule has 0 heterocycles. The van der Waals surface area contributed by atoms with Crippen molar-refractivity contribution in [2.24, 2.45) is 5.92 Å². The van der Waals surface area contributed by atoms with E-state index in [1.807, 2.05) is 45.0 Å². The molecule has 0 bridgehead atoms. The number of hydrogen-bond acceptors (Lipinski definition) is 3. The van der Waals surface area contributed by atoms with Crippen LogP contribution in [0.4, 0.5) is 5.69 Å². The first-order valence-corrected chi connectivity index (χ1v) is 10.3.